The number of aliphatic hydroxyl groups excluding tert-OH is 1. The van der Waals surface area contributed by atoms with E-state index in [4.69, 9.17) is 10.9 Å². The summed E-state index contributed by atoms with van der Waals surface area (Å²) in [7, 11) is 0. The largest absolute Gasteiger partial charge is 0.399 e. The highest BCUT2D eigenvalue weighted by atomic mass is 16.5. The number of nitrogens with two attached hydrogens (primary N) is 1. The lowest BCUT2D eigenvalue weighted by atomic mass is 9.99. The molecule has 7 heteroatoms. The Kier molecular flexibility index (Phi) is 6.55. The second-order valence-electron chi connectivity index (χ2n) is 5.92. The van der Waals surface area contributed by atoms with Gasteiger partial charge in [0.1, 0.15) is 6.04 Å². The van der Waals surface area contributed by atoms with Crippen LogP contribution in [-0.4, -0.2) is 34.3 Å². The van der Waals surface area contributed by atoms with Crippen LogP contribution in [0.1, 0.15) is 29.3 Å². The molecular formula is C19H21N3O4. The number of hydrogen-bond acceptors (Lipinski definition) is 5. The molecule has 0 aliphatic heterocycles. The molecule has 6 N–H and O–H groups in total. The number of hydroxylamine groups is 1. The molecule has 0 bridgehead atoms. The third-order valence-corrected chi connectivity index (χ3v) is 3.84. The molecule has 0 radical (unpaired) electrons. The topological polar surface area (TPSA) is 125 Å². The summed E-state index contributed by atoms with van der Waals surface area (Å²) >= 11 is 0. The lowest BCUT2D eigenvalue weighted by Crippen LogP contribution is -2.51. The summed E-state index contributed by atoms with van der Waals surface area (Å²) in [6.45, 7) is 1.33. The van der Waals surface area contributed by atoms with Crippen molar-refractivity contribution >= 4 is 11.8 Å². The van der Waals surface area contributed by atoms with Crippen LogP contribution in [0, 0.1) is 17.8 Å². The van der Waals surface area contributed by atoms with E-state index in [2.05, 4.69) is 17.2 Å². The molecule has 26 heavy (non-hydrogen) atoms. The molecule has 3 atom stereocenters. The Hall–Kier alpha value is -3.08. The predicted molar refractivity (Wildman–Crippen MR) is 95.7 cm³/mol. The average molecular weight is 355 g/mol. The van der Waals surface area contributed by atoms with Crippen LogP contribution < -0.4 is 16.5 Å². The van der Waals surface area contributed by atoms with Gasteiger partial charge in [0.2, 0.25) is 0 Å². The quantitative estimate of drug-likeness (QED) is 0.305. The van der Waals surface area contributed by atoms with Gasteiger partial charge in [-0.2, -0.15) is 0 Å². The van der Waals surface area contributed by atoms with Crippen molar-refractivity contribution in [2.75, 3.05) is 0 Å². The fraction of sp³-hybridized carbons (Fsp3) is 0.263. The van der Waals surface area contributed by atoms with Crippen LogP contribution in [0.4, 0.5) is 0 Å². The summed E-state index contributed by atoms with van der Waals surface area (Å²) in [5.74, 6) is 4.83. The van der Waals surface area contributed by atoms with Gasteiger partial charge in [-0.15, -0.1) is 0 Å². The minimum Gasteiger partial charge on any atom is -0.399 e. The molecule has 7 nitrogen and oxygen atoms in total. The van der Waals surface area contributed by atoms with Crippen LogP contribution in [0.2, 0.25) is 0 Å². The van der Waals surface area contributed by atoms with Gasteiger partial charge in [-0.3, -0.25) is 14.8 Å². The van der Waals surface area contributed by atoms with E-state index >= 15 is 0 Å². The first-order valence-corrected chi connectivity index (χ1v) is 8.09. The third-order valence-electron chi connectivity index (χ3n) is 3.84. The molecule has 0 aromatic heterocycles. The zero-order valence-corrected chi connectivity index (χ0v) is 14.3. The Morgan fingerprint density at radius 3 is 2.54 bits per heavy atom. The van der Waals surface area contributed by atoms with Crippen molar-refractivity contribution in [2.45, 2.75) is 25.5 Å². The SMILES string of the molecule is CC(O)C(NC(=O)c1ccc(C#CC2C=CC(N)=CC2)cc1)C(=O)NO. The standard InChI is InChI=1S/C19H21N3O4/c1-12(23)17(19(25)22-26)21-18(24)15-8-4-13(5-9-15)2-3-14-6-10-16(20)11-7-14/h4-6,8-12,14,17,23,26H,7,20H2,1H3,(H,21,24)(H,22,25). The summed E-state index contributed by atoms with van der Waals surface area (Å²) in [6.07, 6.45) is 5.31. The summed E-state index contributed by atoms with van der Waals surface area (Å²) in [5.41, 5.74) is 8.87. The summed E-state index contributed by atoms with van der Waals surface area (Å²) in [4.78, 5) is 23.6. The van der Waals surface area contributed by atoms with Crippen LogP contribution >= 0.6 is 0 Å². The molecule has 0 saturated carbocycles. The zero-order chi connectivity index (χ0) is 19.1. The molecule has 1 aromatic carbocycles. The van der Waals surface area contributed by atoms with Gasteiger partial charge >= 0.3 is 0 Å². The minimum absolute atomic E-state index is 0.106. The first kappa shape index (κ1) is 19.2. The van der Waals surface area contributed by atoms with E-state index in [1.807, 2.05) is 18.2 Å². The van der Waals surface area contributed by atoms with Crippen molar-refractivity contribution in [1.82, 2.24) is 10.8 Å². The predicted octanol–water partition coefficient (Wildman–Crippen LogP) is 0.441. The Morgan fingerprint density at radius 2 is 2.00 bits per heavy atom. The number of rotatable bonds is 4. The molecule has 2 amide bonds. The number of aliphatic hydroxyl groups is 1. The molecule has 3 unspecified atom stereocenters. The highest BCUT2D eigenvalue weighted by Gasteiger charge is 2.25. The highest BCUT2D eigenvalue weighted by Crippen LogP contribution is 2.13. The molecule has 1 aliphatic carbocycles. The van der Waals surface area contributed by atoms with Crippen molar-refractivity contribution in [1.29, 1.82) is 0 Å². The number of carbonyl (C=O) groups excluding carboxylic acids is 2. The van der Waals surface area contributed by atoms with Gasteiger partial charge in [0.15, 0.2) is 0 Å². The molecule has 0 heterocycles. The van der Waals surface area contributed by atoms with Gasteiger partial charge in [-0.25, -0.2) is 5.48 Å². The molecule has 136 valence electrons. The van der Waals surface area contributed by atoms with Gasteiger partial charge in [0.05, 0.1) is 6.10 Å². The van der Waals surface area contributed by atoms with Crippen LogP contribution in [0.15, 0.2) is 48.2 Å². The number of allylic oxidation sites excluding steroid dienone is 3. The van der Waals surface area contributed by atoms with Crippen LogP contribution in [-0.2, 0) is 4.79 Å². The summed E-state index contributed by atoms with van der Waals surface area (Å²) in [5, 5.41) is 20.6. The Morgan fingerprint density at radius 1 is 1.31 bits per heavy atom. The number of hydrogen-bond donors (Lipinski definition) is 5. The number of carbonyl (C=O) groups is 2. The van der Waals surface area contributed by atoms with E-state index in [9.17, 15) is 14.7 Å². The lowest BCUT2D eigenvalue weighted by molar-refractivity contribution is -0.133. The fourth-order valence-electron chi connectivity index (χ4n) is 2.32. The lowest BCUT2D eigenvalue weighted by Gasteiger charge is -2.19. The van der Waals surface area contributed by atoms with E-state index in [1.54, 1.807) is 24.3 Å². The number of amides is 2. The molecule has 0 fully saturated rings. The fourth-order valence-corrected chi connectivity index (χ4v) is 2.32. The maximum Gasteiger partial charge on any atom is 0.268 e. The minimum atomic E-state index is -1.26. The smallest absolute Gasteiger partial charge is 0.268 e. The maximum atomic E-state index is 12.2. The van der Waals surface area contributed by atoms with E-state index in [-0.39, 0.29) is 5.92 Å². The summed E-state index contributed by atoms with van der Waals surface area (Å²) < 4.78 is 0. The highest BCUT2D eigenvalue weighted by molar-refractivity contribution is 5.97. The molecule has 1 aromatic rings. The van der Waals surface area contributed by atoms with E-state index in [1.165, 1.54) is 12.4 Å². The van der Waals surface area contributed by atoms with Crippen LogP contribution in [0.5, 0.6) is 0 Å². The average Bonchev–Trinajstić information content (AvgIpc) is 2.65. The third kappa shape index (κ3) is 5.21. The first-order valence-electron chi connectivity index (χ1n) is 8.09. The van der Waals surface area contributed by atoms with Gasteiger partial charge < -0.3 is 16.2 Å². The van der Waals surface area contributed by atoms with Crippen LogP contribution in [0.25, 0.3) is 0 Å². The first-order chi connectivity index (χ1) is 12.4. The zero-order valence-electron chi connectivity index (χ0n) is 14.3. The normalized spacial score (nSPS) is 18.0. The second kappa shape index (κ2) is 8.85. The molecule has 0 saturated heterocycles. The van der Waals surface area contributed by atoms with E-state index in [0.29, 0.717) is 5.56 Å². The molecule has 0 spiro atoms. The van der Waals surface area contributed by atoms with Gasteiger partial charge in [-0.05, 0) is 43.7 Å². The number of benzene rings is 1. The maximum absolute atomic E-state index is 12.2. The van der Waals surface area contributed by atoms with E-state index < -0.39 is 24.0 Å². The molecule has 2 rings (SSSR count). The summed E-state index contributed by atoms with van der Waals surface area (Å²) in [6, 6.07) is 5.28. The van der Waals surface area contributed by atoms with Crippen LogP contribution in [0.3, 0.4) is 0 Å². The Labute approximate surface area is 151 Å². The second-order valence-corrected chi connectivity index (χ2v) is 5.92. The van der Waals surface area contributed by atoms with Crippen molar-refractivity contribution in [2.24, 2.45) is 11.7 Å². The number of nitrogens with one attached hydrogen (secondary N) is 2. The van der Waals surface area contributed by atoms with Crippen molar-refractivity contribution in [3.05, 3.63) is 59.3 Å². The molecule has 1 aliphatic rings. The van der Waals surface area contributed by atoms with Crippen molar-refractivity contribution < 1.29 is 19.9 Å². The monoisotopic (exact) mass is 355 g/mol. The van der Waals surface area contributed by atoms with Gasteiger partial charge in [-0.1, -0.05) is 24.0 Å². The Bertz CT molecular complexity index is 785. The Balaban J connectivity index is 2.02. The van der Waals surface area contributed by atoms with E-state index in [0.717, 1.165) is 17.7 Å². The van der Waals surface area contributed by atoms with Crippen molar-refractivity contribution in [3.63, 3.8) is 0 Å². The van der Waals surface area contributed by atoms with Gasteiger partial charge in [0.25, 0.3) is 11.8 Å². The molecular weight excluding hydrogens is 334 g/mol. The van der Waals surface area contributed by atoms with Gasteiger partial charge in [0, 0.05) is 22.7 Å². The van der Waals surface area contributed by atoms with Crippen molar-refractivity contribution in [3.8, 4) is 11.8 Å².